The standard InChI is InChI=1S/C16H35N3/c1-6-7-8-9-15(2)17-10-11-19-13-12-18(5)16(3,4)14-19/h15,17H,6-14H2,1-5H3. The van der Waals surface area contributed by atoms with E-state index in [-0.39, 0.29) is 0 Å². The minimum absolute atomic E-state index is 0.324. The van der Waals surface area contributed by atoms with E-state index in [0.717, 1.165) is 6.54 Å². The molecule has 1 N–H and O–H groups in total. The van der Waals surface area contributed by atoms with Crippen molar-refractivity contribution in [2.45, 2.75) is 65.0 Å². The second-order valence-corrected chi connectivity index (χ2v) is 6.86. The van der Waals surface area contributed by atoms with Crippen LogP contribution in [0.5, 0.6) is 0 Å². The first-order chi connectivity index (χ1) is 8.95. The Bertz CT molecular complexity index is 240. The van der Waals surface area contributed by atoms with Crippen LogP contribution in [0.25, 0.3) is 0 Å². The molecular formula is C16H35N3. The third-order valence-corrected chi connectivity index (χ3v) is 4.56. The van der Waals surface area contributed by atoms with Gasteiger partial charge in [-0.15, -0.1) is 0 Å². The van der Waals surface area contributed by atoms with E-state index in [0.29, 0.717) is 11.6 Å². The molecule has 0 spiro atoms. The number of piperazine rings is 1. The minimum Gasteiger partial charge on any atom is -0.313 e. The van der Waals surface area contributed by atoms with Gasteiger partial charge in [-0.1, -0.05) is 26.2 Å². The predicted molar refractivity (Wildman–Crippen MR) is 84.8 cm³/mol. The van der Waals surface area contributed by atoms with Crippen LogP contribution in [-0.2, 0) is 0 Å². The molecule has 114 valence electrons. The van der Waals surface area contributed by atoms with Gasteiger partial charge >= 0.3 is 0 Å². The van der Waals surface area contributed by atoms with Crippen LogP contribution < -0.4 is 5.32 Å². The van der Waals surface area contributed by atoms with Crippen LogP contribution in [0.4, 0.5) is 0 Å². The Kier molecular flexibility index (Phi) is 7.33. The second kappa shape index (κ2) is 8.23. The molecular weight excluding hydrogens is 234 g/mol. The van der Waals surface area contributed by atoms with E-state index >= 15 is 0 Å². The lowest BCUT2D eigenvalue weighted by Gasteiger charge is -2.45. The zero-order valence-corrected chi connectivity index (χ0v) is 13.8. The maximum atomic E-state index is 3.67. The first kappa shape index (κ1) is 16.9. The highest BCUT2D eigenvalue weighted by Gasteiger charge is 2.30. The van der Waals surface area contributed by atoms with Gasteiger partial charge in [-0.25, -0.2) is 0 Å². The van der Waals surface area contributed by atoms with Crippen LogP contribution in [0.15, 0.2) is 0 Å². The number of unbranched alkanes of at least 4 members (excludes halogenated alkanes) is 2. The molecule has 0 bridgehead atoms. The van der Waals surface area contributed by atoms with Crippen molar-refractivity contribution in [2.24, 2.45) is 0 Å². The molecule has 3 nitrogen and oxygen atoms in total. The number of nitrogens with zero attached hydrogens (tertiary/aromatic N) is 2. The van der Waals surface area contributed by atoms with E-state index < -0.39 is 0 Å². The van der Waals surface area contributed by atoms with Crippen molar-refractivity contribution in [3.8, 4) is 0 Å². The van der Waals surface area contributed by atoms with Gasteiger partial charge in [0, 0.05) is 44.3 Å². The Morgan fingerprint density at radius 2 is 1.95 bits per heavy atom. The van der Waals surface area contributed by atoms with E-state index in [4.69, 9.17) is 0 Å². The second-order valence-electron chi connectivity index (χ2n) is 6.86. The van der Waals surface area contributed by atoms with E-state index in [2.05, 4.69) is 49.9 Å². The molecule has 0 saturated carbocycles. The average molecular weight is 269 g/mol. The lowest BCUT2D eigenvalue weighted by atomic mass is 10.00. The predicted octanol–water partition coefficient (Wildman–Crippen LogP) is 2.57. The van der Waals surface area contributed by atoms with Gasteiger partial charge in [0.2, 0.25) is 0 Å². The summed E-state index contributed by atoms with van der Waals surface area (Å²) in [5.74, 6) is 0. The van der Waals surface area contributed by atoms with Gasteiger partial charge in [0.15, 0.2) is 0 Å². The van der Waals surface area contributed by atoms with Crippen LogP contribution >= 0.6 is 0 Å². The molecule has 1 saturated heterocycles. The lowest BCUT2D eigenvalue weighted by Crippen LogP contribution is -2.58. The summed E-state index contributed by atoms with van der Waals surface area (Å²) in [6, 6.07) is 0.673. The number of likely N-dealkylation sites (N-methyl/N-ethyl adjacent to an activating group) is 1. The fourth-order valence-corrected chi connectivity index (χ4v) is 2.80. The molecule has 0 amide bonds. The van der Waals surface area contributed by atoms with Gasteiger partial charge in [-0.3, -0.25) is 9.80 Å². The molecule has 0 aromatic rings. The third-order valence-electron chi connectivity index (χ3n) is 4.56. The normalized spacial score (nSPS) is 22.6. The summed E-state index contributed by atoms with van der Waals surface area (Å²) in [6.45, 7) is 15.2. The number of nitrogens with one attached hydrogen (secondary N) is 1. The molecule has 1 aliphatic rings. The van der Waals surface area contributed by atoms with Crippen LogP contribution in [0.3, 0.4) is 0 Å². The number of rotatable bonds is 8. The molecule has 1 unspecified atom stereocenters. The molecule has 1 fully saturated rings. The zero-order valence-electron chi connectivity index (χ0n) is 13.8. The zero-order chi connectivity index (χ0) is 14.3. The summed E-state index contributed by atoms with van der Waals surface area (Å²) >= 11 is 0. The summed E-state index contributed by atoms with van der Waals surface area (Å²) < 4.78 is 0. The molecule has 3 heteroatoms. The van der Waals surface area contributed by atoms with Crippen LogP contribution in [0.2, 0.25) is 0 Å². The molecule has 1 atom stereocenters. The summed E-state index contributed by atoms with van der Waals surface area (Å²) in [6.07, 6.45) is 5.38. The quantitative estimate of drug-likeness (QED) is 0.683. The van der Waals surface area contributed by atoms with Gasteiger partial charge < -0.3 is 5.32 Å². The van der Waals surface area contributed by atoms with Gasteiger partial charge in [0.05, 0.1) is 0 Å². The number of hydrogen-bond acceptors (Lipinski definition) is 3. The van der Waals surface area contributed by atoms with Crippen molar-refractivity contribution in [1.82, 2.24) is 15.1 Å². The van der Waals surface area contributed by atoms with E-state index in [9.17, 15) is 0 Å². The monoisotopic (exact) mass is 269 g/mol. The molecule has 1 rings (SSSR count). The van der Waals surface area contributed by atoms with E-state index in [1.165, 1.54) is 51.9 Å². The third kappa shape index (κ3) is 6.24. The molecule has 0 aromatic carbocycles. The summed E-state index contributed by atoms with van der Waals surface area (Å²) in [7, 11) is 2.24. The van der Waals surface area contributed by atoms with Crippen molar-refractivity contribution in [1.29, 1.82) is 0 Å². The van der Waals surface area contributed by atoms with Gasteiger partial charge in [0.1, 0.15) is 0 Å². The molecule has 19 heavy (non-hydrogen) atoms. The van der Waals surface area contributed by atoms with E-state index in [1.54, 1.807) is 0 Å². The van der Waals surface area contributed by atoms with Crippen molar-refractivity contribution < 1.29 is 0 Å². The highest BCUT2D eigenvalue weighted by atomic mass is 15.3. The molecule has 0 aliphatic carbocycles. The molecule has 1 aliphatic heterocycles. The SMILES string of the molecule is CCCCCC(C)NCCN1CCN(C)C(C)(C)C1. The Labute approximate surface area is 120 Å². The largest absolute Gasteiger partial charge is 0.313 e. The first-order valence-corrected chi connectivity index (χ1v) is 8.12. The minimum atomic E-state index is 0.324. The van der Waals surface area contributed by atoms with Gasteiger partial charge in [-0.2, -0.15) is 0 Å². The average Bonchev–Trinajstić information content (AvgIpc) is 2.34. The lowest BCUT2D eigenvalue weighted by molar-refractivity contribution is 0.0404. The Morgan fingerprint density at radius 1 is 1.21 bits per heavy atom. The highest BCUT2D eigenvalue weighted by Crippen LogP contribution is 2.18. The van der Waals surface area contributed by atoms with Crippen LogP contribution in [-0.4, -0.2) is 61.2 Å². The summed E-state index contributed by atoms with van der Waals surface area (Å²) in [5.41, 5.74) is 0.324. The van der Waals surface area contributed by atoms with Crippen molar-refractivity contribution in [3.63, 3.8) is 0 Å². The molecule has 0 aromatic heterocycles. The first-order valence-electron chi connectivity index (χ1n) is 8.12. The van der Waals surface area contributed by atoms with Crippen molar-refractivity contribution >= 4 is 0 Å². The summed E-state index contributed by atoms with van der Waals surface area (Å²) in [4.78, 5) is 5.08. The van der Waals surface area contributed by atoms with E-state index in [1.807, 2.05) is 0 Å². The van der Waals surface area contributed by atoms with Gasteiger partial charge in [-0.05, 0) is 34.2 Å². The van der Waals surface area contributed by atoms with Crippen molar-refractivity contribution in [3.05, 3.63) is 0 Å². The molecule has 1 heterocycles. The Balaban J connectivity index is 2.12. The highest BCUT2D eigenvalue weighted by molar-refractivity contribution is 4.88. The van der Waals surface area contributed by atoms with Crippen LogP contribution in [0, 0.1) is 0 Å². The number of hydrogen-bond donors (Lipinski definition) is 1. The van der Waals surface area contributed by atoms with Crippen LogP contribution in [0.1, 0.15) is 53.4 Å². The maximum Gasteiger partial charge on any atom is 0.0277 e. The summed E-state index contributed by atoms with van der Waals surface area (Å²) in [5, 5.41) is 3.67. The Hall–Kier alpha value is -0.120. The fraction of sp³-hybridized carbons (Fsp3) is 1.00. The van der Waals surface area contributed by atoms with Gasteiger partial charge in [0.25, 0.3) is 0 Å². The topological polar surface area (TPSA) is 18.5 Å². The maximum absolute atomic E-state index is 3.67. The fourth-order valence-electron chi connectivity index (χ4n) is 2.80. The molecule has 0 radical (unpaired) electrons. The smallest absolute Gasteiger partial charge is 0.0277 e. The van der Waals surface area contributed by atoms with Crippen molar-refractivity contribution in [2.75, 3.05) is 39.8 Å². The Morgan fingerprint density at radius 3 is 2.58 bits per heavy atom.